The van der Waals surface area contributed by atoms with Crippen LogP contribution in [0.2, 0.25) is 0 Å². The molecule has 1 atom stereocenters. The van der Waals surface area contributed by atoms with Gasteiger partial charge in [0.2, 0.25) is 0 Å². The van der Waals surface area contributed by atoms with E-state index in [0.717, 1.165) is 17.8 Å². The molecule has 2 nitrogen and oxygen atoms in total. The summed E-state index contributed by atoms with van der Waals surface area (Å²) in [6.07, 6.45) is 4.29. The number of hydrogen-bond donors (Lipinski definition) is 0. The van der Waals surface area contributed by atoms with Crippen molar-refractivity contribution >= 4 is 5.69 Å². The molecule has 63 valence electrons. The number of nitrogens with zero attached hydrogens (tertiary/aromatic N) is 2. The molecule has 3 heteroatoms. The predicted octanol–water partition coefficient (Wildman–Crippen LogP) is 1.70. The van der Waals surface area contributed by atoms with Crippen LogP contribution in [0.3, 0.4) is 0 Å². The first-order valence-electron chi connectivity index (χ1n) is 4.03. The Labute approximate surface area is 71.0 Å². The highest BCUT2D eigenvalue weighted by atomic mass is 19.1. The topological polar surface area (TPSA) is 16.1 Å². The second-order valence-corrected chi connectivity index (χ2v) is 2.98. The molecule has 0 amide bonds. The minimum atomic E-state index is -0.806. The summed E-state index contributed by atoms with van der Waals surface area (Å²) < 4.78 is 12.9. The number of anilines is 1. The van der Waals surface area contributed by atoms with Gasteiger partial charge < -0.3 is 4.90 Å². The number of hydrogen-bond acceptors (Lipinski definition) is 2. The third-order valence-corrected chi connectivity index (χ3v) is 2.18. The quantitative estimate of drug-likeness (QED) is 0.589. The summed E-state index contributed by atoms with van der Waals surface area (Å²) in [5.41, 5.74) is 1.84. The van der Waals surface area contributed by atoms with Crippen LogP contribution in [-0.2, 0) is 0 Å². The van der Waals surface area contributed by atoms with Crippen LogP contribution >= 0.6 is 0 Å². The summed E-state index contributed by atoms with van der Waals surface area (Å²) in [4.78, 5) is 5.57. The molecule has 0 saturated carbocycles. The minimum absolute atomic E-state index is 0.641. The molecule has 1 aromatic heterocycles. The predicted molar refractivity (Wildman–Crippen MR) is 44.7 cm³/mol. The number of rotatable bonds is 1. The number of alkyl halides is 1. The Hall–Kier alpha value is -1.12. The van der Waals surface area contributed by atoms with Crippen molar-refractivity contribution < 1.29 is 4.39 Å². The van der Waals surface area contributed by atoms with Gasteiger partial charge in [-0.1, -0.05) is 0 Å². The van der Waals surface area contributed by atoms with Crippen LogP contribution in [0, 0.1) is 13.1 Å². The van der Waals surface area contributed by atoms with Crippen molar-refractivity contribution in [3.8, 4) is 0 Å². The lowest BCUT2D eigenvalue weighted by molar-refractivity contribution is 0.236. The van der Waals surface area contributed by atoms with Crippen molar-refractivity contribution in [2.45, 2.75) is 19.6 Å². The summed E-state index contributed by atoms with van der Waals surface area (Å²) in [7, 11) is 0. The average molecular weight is 165 g/mol. The van der Waals surface area contributed by atoms with Crippen LogP contribution in [0.15, 0.2) is 12.3 Å². The first-order chi connectivity index (χ1) is 5.79. The fourth-order valence-electron chi connectivity index (χ4n) is 1.36. The number of halogens is 1. The van der Waals surface area contributed by atoms with E-state index in [0.29, 0.717) is 6.42 Å². The third kappa shape index (κ3) is 1.05. The summed E-state index contributed by atoms with van der Waals surface area (Å²) in [6, 6.07) is 1.83. The van der Waals surface area contributed by atoms with Gasteiger partial charge in [0.25, 0.3) is 0 Å². The summed E-state index contributed by atoms with van der Waals surface area (Å²) in [5, 5.41) is 0. The standard InChI is InChI=1S/C9H10FN2/c1-7-6-11-4-2-8(7)12-5-3-9(12)10/h2,4,9H,3,5H2,1H3. The molecule has 0 aliphatic carbocycles. The van der Waals surface area contributed by atoms with Gasteiger partial charge >= 0.3 is 0 Å². The van der Waals surface area contributed by atoms with Crippen LogP contribution in [0.25, 0.3) is 0 Å². The molecule has 1 aromatic rings. The summed E-state index contributed by atoms with van der Waals surface area (Å²) in [5.74, 6) is 0. The molecular weight excluding hydrogens is 155 g/mol. The van der Waals surface area contributed by atoms with Crippen LogP contribution in [0.4, 0.5) is 10.1 Å². The Bertz CT molecular complexity index is 288. The van der Waals surface area contributed by atoms with Crippen molar-refractivity contribution in [3.63, 3.8) is 0 Å². The molecule has 0 bridgehead atoms. The van der Waals surface area contributed by atoms with Gasteiger partial charge in [0.05, 0.1) is 6.20 Å². The molecule has 2 heterocycles. The lowest BCUT2D eigenvalue weighted by atomic mass is 10.1. The smallest absolute Gasteiger partial charge is 0.174 e. The Morgan fingerprint density at radius 2 is 2.58 bits per heavy atom. The molecule has 1 saturated heterocycles. The molecule has 1 fully saturated rings. The van der Waals surface area contributed by atoms with E-state index in [1.807, 2.05) is 13.0 Å². The van der Waals surface area contributed by atoms with Gasteiger partial charge in [-0.2, -0.15) is 0 Å². The highest BCUT2D eigenvalue weighted by molar-refractivity contribution is 5.53. The molecular formula is C9H10FN2. The molecule has 1 aliphatic heterocycles. The van der Waals surface area contributed by atoms with E-state index in [1.165, 1.54) is 0 Å². The monoisotopic (exact) mass is 165 g/mol. The SMILES string of the molecule is Cc1[c]nccc1N1CCC1F. The maximum absolute atomic E-state index is 12.9. The van der Waals surface area contributed by atoms with E-state index < -0.39 is 6.30 Å². The second-order valence-electron chi connectivity index (χ2n) is 2.98. The fourth-order valence-corrected chi connectivity index (χ4v) is 1.36. The van der Waals surface area contributed by atoms with Crippen molar-refractivity contribution in [1.82, 2.24) is 4.98 Å². The molecule has 2 rings (SSSR count). The zero-order chi connectivity index (χ0) is 8.55. The van der Waals surface area contributed by atoms with Crippen molar-refractivity contribution in [1.29, 1.82) is 0 Å². The number of aromatic nitrogens is 1. The molecule has 12 heavy (non-hydrogen) atoms. The van der Waals surface area contributed by atoms with Gasteiger partial charge in [-0.3, -0.25) is 4.98 Å². The Morgan fingerprint density at radius 1 is 1.75 bits per heavy atom. The van der Waals surface area contributed by atoms with Crippen LogP contribution < -0.4 is 4.90 Å². The van der Waals surface area contributed by atoms with Crippen molar-refractivity contribution in [2.75, 3.05) is 11.4 Å². The van der Waals surface area contributed by atoms with Gasteiger partial charge in [-0.25, -0.2) is 4.39 Å². The van der Waals surface area contributed by atoms with E-state index in [-0.39, 0.29) is 0 Å². The van der Waals surface area contributed by atoms with Gasteiger partial charge in [0, 0.05) is 30.4 Å². The Balaban J connectivity index is 2.27. The van der Waals surface area contributed by atoms with Crippen molar-refractivity contribution in [3.05, 3.63) is 24.0 Å². The van der Waals surface area contributed by atoms with E-state index in [4.69, 9.17) is 0 Å². The highest BCUT2D eigenvalue weighted by Crippen LogP contribution is 2.28. The van der Waals surface area contributed by atoms with Crippen molar-refractivity contribution in [2.24, 2.45) is 0 Å². The average Bonchev–Trinajstić information content (AvgIpc) is 2.06. The Morgan fingerprint density at radius 3 is 3.08 bits per heavy atom. The van der Waals surface area contributed by atoms with E-state index in [2.05, 4.69) is 11.2 Å². The Kier molecular flexibility index (Phi) is 1.71. The summed E-state index contributed by atoms with van der Waals surface area (Å²) >= 11 is 0. The zero-order valence-electron chi connectivity index (χ0n) is 6.92. The van der Waals surface area contributed by atoms with Crippen LogP contribution in [0.5, 0.6) is 0 Å². The summed E-state index contributed by atoms with van der Waals surface area (Å²) in [6.45, 7) is 2.70. The largest absolute Gasteiger partial charge is 0.341 e. The molecule has 1 aliphatic rings. The van der Waals surface area contributed by atoms with E-state index in [1.54, 1.807) is 11.1 Å². The maximum atomic E-state index is 12.9. The minimum Gasteiger partial charge on any atom is -0.341 e. The number of aryl methyl sites for hydroxylation is 1. The molecule has 0 N–H and O–H groups in total. The maximum Gasteiger partial charge on any atom is 0.174 e. The lowest BCUT2D eigenvalue weighted by Crippen LogP contribution is -2.45. The van der Waals surface area contributed by atoms with Gasteiger partial charge in [-0.05, 0) is 13.0 Å². The van der Waals surface area contributed by atoms with E-state index in [9.17, 15) is 4.39 Å². The first-order valence-corrected chi connectivity index (χ1v) is 4.03. The molecule has 0 spiro atoms. The van der Waals surface area contributed by atoms with Gasteiger partial charge in [-0.15, -0.1) is 0 Å². The van der Waals surface area contributed by atoms with Gasteiger partial charge in [0.1, 0.15) is 0 Å². The van der Waals surface area contributed by atoms with Gasteiger partial charge in [0.15, 0.2) is 6.30 Å². The molecule has 1 radical (unpaired) electrons. The normalized spacial score (nSPS) is 22.2. The lowest BCUT2D eigenvalue weighted by Gasteiger charge is -2.37. The van der Waals surface area contributed by atoms with Crippen LogP contribution in [-0.4, -0.2) is 17.8 Å². The van der Waals surface area contributed by atoms with Crippen LogP contribution in [0.1, 0.15) is 12.0 Å². The number of pyridine rings is 1. The first kappa shape index (κ1) is 7.53. The fraction of sp³-hybridized carbons (Fsp3) is 0.444. The second kappa shape index (κ2) is 2.73. The van der Waals surface area contributed by atoms with E-state index >= 15 is 0 Å². The zero-order valence-corrected chi connectivity index (χ0v) is 6.92. The highest BCUT2D eigenvalue weighted by Gasteiger charge is 2.28. The molecule has 0 aromatic carbocycles. The third-order valence-electron chi connectivity index (χ3n) is 2.18. The molecule has 1 unspecified atom stereocenters.